The molecule has 1 amide bonds. The van der Waals surface area contributed by atoms with Crippen molar-refractivity contribution >= 4 is 11.6 Å². The van der Waals surface area contributed by atoms with Gasteiger partial charge >= 0.3 is 0 Å². The molecule has 29 heavy (non-hydrogen) atoms. The molecule has 0 aliphatic carbocycles. The molecule has 0 radical (unpaired) electrons. The fourth-order valence-corrected chi connectivity index (χ4v) is 3.24. The van der Waals surface area contributed by atoms with E-state index in [2.05, 4.69) is 34.3 Å². The molecule has 1 heterocycles. The van der Waals surface area contributed by atoms with Crippen molar-refractivity contribution < 1.29 is 9.53 Å². The van der Waals surface area contributed by atoms with Crippen molar-refractivity contribution in [3.63, 3.8) is 0 Å². The normalized spacial score (nSPS) is 10.4. The minimum Gasteiger partial charge on any atom is -0.496 e. The van der Waals surface area contributed by atoms with E-state index in [0.717, 1.165) is 30.1 Å². The van der Waals surface area contributed by atoms with Crippen LogP contribution in [0, 0.1) is 0 Å². The lowest BCUT2D eigenvalue weighted by Gasteiger charge is -2.23. The summed E-state index contributed by atoms with van der Waals surface area (Å²) in [5.41, 5.74) is 3.80. The predicted molar refractivity (Wildman–Crippen MR) is 116 cm³/mol. The number of amides is 1. The van der Waals surface area contributed by atoms with Gasteiger partial charge < -0.3 is 15.0 Å². The smallest absolute Gasteiger partial charge is 0.252 e. The Bertz CT molecular complexity index is 928. The third kappa shape index (κ3) is 5.57. The van der Waals surface area contributed by atoms with Gasteiger partial charge in [0.2, 0.25) is 0 Å². The molecule has 3 rings (SSSR count). The van der Waals surface area contributed by atoms with E-state index < -0.39 is 0 Å². The predicted octanol–water partition coefficient (Wildman–Crippen LogP) is 4.09. The Morgan fingerprint density at radius 1 is 1.07 bits per heavy atom. The lowest BCUT2D eigenvalue weighted by atomic mass is 10.1. The van der Waals surface area contributed by atoms with Gasteiger partial charge in [0.1, 0.15) is 5.75 Å². The van der Waals surface area contributed by atoms with Gasteiger partial charge in [-0.1, -0.05) is 48.5 Å². The molecule has 0 aliphatic rings. The molecular weight excluding hydrogens is 362 g/mol. The molecule has 0 spiro atoms. The summed E-state index contributed by atoms with van der Waals surface area (Å²) < 4.78 is 5.36. The number of hydrogen-bond donors (Lipinski definition) is 1. The van der Waals surface area contributed by atoms with E-state index >= 15 is 0 Å². The van der Waals surface area contributed by atoms with Gasteiger partial charge in [0.25, 0.3) is 5.91 Å². The topological polar surface area (TPSA) is 54.5 Å². The van der Waals surface area contributed by atoms with Gasteiger partial charge in [-0.05, 0) is 36.6 Å². The third-order valence-electron chi connectivity index (χ3n) is 4.82. The maximum Gasteiger partial charge on any atom is 0.252 e. The lowest BCUT2D eigenvalue weighted by molar-refractivity contribution is 0.0953. The molecule has 0 bridgehead atoms. The molecule has 0 saturated heterocycles. The number of nitrogens with zero attached hydrogens (tertiary/aromatic N) is 2. The van der Waals surface area contributed by atoms with Gasteiger partial charge in [0.15, 0.2) is 0 Å². The van der Waals surface area contributed by atoms with E-state index in [-0.39, 0.29) is 5.91 Å². The third-order valence-corrected chi connectivity index (χ3v) is 4.82. The van der Waals surface area contributed by atoms with E-state index in [1.807, 2.05) is 48.5 Å². The van der Waals surface area contributed by atoms with E-state index in [4.69, 9.17) is 4.74 Å². The zero-order valence-corrected chi connectivity index (χ0v) is 17.0. The van der Waals surface area contributed by atoms with Crippen LogP contribution in [0.4, 0.5) is 5.69 Å². The van der Waals surface area contributed by atoms with Crippen LogP contribution in [0.1, 0.15) is 28.4 Å². The SMILES string of the molecule is CCN(Cc1ccccc1)c1cncc(C(=O)NCCc2ccccc2OC)c1. The summed E-state index contributed by atoms with van der Waals surface area (Å²) in [6.07, 6.45) is 4.12. The zero-order valence-electron chi connectivity index (χ0n) is 17.0. The van der Waals surface area contributed by atoms with Crippen molar-refractivity contribution in [2.24, 2.45) is 0 Å². The number of benzene rings is 2. The molecule has 150 valence electrons. The number of carbonyl (C=O) groups excluding carboxylic acids is 1. The largest absolute Gasteiger partial charge is 0.496 e. The molecule has 0 unspecified atom stereocenters. The minimum absolute atomic E-state index is 0.120. The summed E-state index contributed by atoms with van der Waals surface area (Å²) in [6.45, 7) is 4.24. The van der Waals surface area contributed by atoms with Crippen molar-refractivity contribution in [3.05, 3.63) is 89.7 Å². The highest BCUT2D eigenvalue weighted by Gasteiger charge is 2.11. The summed E-state index contributed by atoms with van der Waals surface area (Å²) >= 11 is 0. The van der Waals surface area contributed by atoms with E-state index in [1.54, 1.807) is 19.5 Å². The molecule has 0 atom stereocenters. The minimum atomic E-state index is -0.120. The maximum atomic E-state index is 12.6. The van der Waals surface area contributed by atoms with Crippen LogP contribution in [-0.4, -0.2) is 31.1 Å². The van der Waals surface area contributed by atoms with Crippen LogP contribution >= 0.6 is 0 Å². The van der Waals surface area contributed by atoms with Crippen LogP contribution in [0.3, 0.4) is 0 Å². The van der Waals surface area contributed by atoms with Gasteiger partial charge in [0.05, 0.1) is 24.6 Å². The molecule has 0 saturated carbocycles. The summed E-state index contributed by atoms with van der Waals surface area (Å²) in [4.78, 5) is 19.1. The number of methoxy groups -OCH3 is 1. The molecule has 3 aromatic rings. The monoisotopic (exact) mass is 389 g/mol. The Balaban J connectivity index is 1.62. The van der Waals surface area contributed by atoms with Crippen LogP contribution < -0.4 is 15.0 Å². The quantitative estimate of drug-likeness (QED) is 0.599. The van der Waals surface area contributed by atoms with Gasteiger partial charge in [-0.3, -0.25) is 9.78 Å². The first-order chi connectivity index (χ1) is 14.2. The Morgan fingerprint density at radius 2 is 1.83 bits per heavy atom. The number of rotatable bonds is 9. The Labute approximate surface area is 172 Å². The molecule has 5 heteroatoms. The van der Waals surface area contributed by atoms with Crippen LogP contribution in [0.25, 0.3) is 0 Å². The molecule has 0 fully saturated rings. The number of nitrogens with one attached hydrogen (secondary N) is 1. The number of para-hydroxylation sites is 1. The zero-order chi connectivity index (χ0) is 20.5. The number of carbonyl (C=O) groups is 1. The molecule has 2 aromatic carbocycles. The van der Waals surface area contributed by atoms with E-state index in [9.17, 15) is 4.79 Å². The van der Waals surface area contributed by atoms with Crippen LogP contribution in [0.5, 0.6) is 5.75 Å². The number of hydrogen-bond acceptors (Lipinski definition) is 4. The molecule has 1 aromatic heterocycles. The summed E-state index contributed by atoms with van der Waals surface area (Å²) in [5, 5.41) is 2.98. The van der Waals surface area contributed by atoms with Gasteiger partial charge in [-0.15, -0.1) is 0 Å². The van der Waals surface area contributed by atoms with Gasteiger partial charge in [-0.25, -0.2) is 0 Å². The van der Waals surface area contributed by atoms with Gasteiger partial charge in [-0.2, -0.15) is 0 Å². The van der Waals surface area contributed by atoms with Crippen molar-refractivity contribution in [1.29, 1.82) is 0 Å². The highest BCUT2D eigenvalue weighted by molar-refractivity contribution is 5.94. The molecule has 5 nitrogen and oxygen atoms in total. The average molecular weight is 389 g/mol. The fraction of sp³-hybridized carbons (Fsp3) is 0.250. The van der Waals surface area contributed by atoms with Crippen molar-refractivity contribution in [2.45, 2.75) is 19.9 Å². The first-order valence-corrected chi connectivity index (χ1v) is 9.85. The number of ether oxygens (including phenoxy) is 1. The average Bonchev–Trinajstić information content (AvgIpc) is 2.78. The van der Waals surface area contributed by atoms with Crippen LogP contribution in [0.15, 0.2) is 73.1 Å². The maximum absolute atomic E-state index is 12.6. The standard InChI is InChI=1S/C24H27N3O2/c1-3-27(18-19-9-5-4-6-10-19)22-15-21(16-25-17-22)24(28)26-14-13-20-11-7-8-12-23(20)29-2/h4-12,15-17H,3,13-14,18H2,1-2H3,(H,26,28). The number of pyridine rings is 1. The van der Waals surface area contributed by atoms with Crippen molar-refractivity contribution in [3.8, 4) is 5.75 Å². The molecule has 1 N–H and O–H groups in total. The number of anilines is 1. The first kappa shape index (κ1) is 20.4. The Hall–Kier alpha value is -3.34. The second-order valence-corrected chi connectivity index (χ2v) is 6.75. The second-order valence-electron chi connectivity index (χ2n) is 6.75. The summed E-state index contributed by atoms with van der Waals surface area (Å²) in [7, 11) is 1.66. The van der Waals surface area contributed by atoms with E-state index in [0.29, 0.717) is 18.5 Å². The fourth-order valence-electron chi connectivity index (χ4n) is 3.24. The van der Waals surface area contributed by atoms with Crippen molar-refractivity contribution in [1.82, 2.24) is 10.3 Å². The van der Waals surface area contributed by atoms with Gasteiger partial charge in [0, 0.05) is 25.8 Å². The van der Waals surface area contributed by atoms with Crippen LogP contribution in [-0.2, 0) is 13.0 Å². The summed E-state index contributed by atoms with van der Waals surface area (Å²) in [5.74, 6) is 0.718. The highest BCUT2D eigenvalue weighted by atomic mass is 16.5. The lowest BCUT2D eigenvalue weighted by Crippen LogP contribution is -2.27. The molecular formula is C24H27N3O2. The second kappa shape index (κ2) is 10.3. The Kier molecular flexibility index (Phi) is 7.22. The van der Waals surface area contributed by atoms with Crippen molar-refractivity contribution in [2.75, 3.05) is 25.1 Å². The summed E-state index contributed by atoms with van der Waals surface area (Å²) in [6, 6.07) is 20.0. The first-order valence-electron chi connectivity index (χ1n) is 9.85. The Morgan fingerprint density at radius 3 is 2.59 bits per heavy atom. The molecule has 0 aliphatic heterocycles. The number of aromatic nitrogens is 1. The van der Waals surface area contributed by atoms with E-state index in [1.165, 1.54) is 5.56 Å². The highest BCUT2D eigenvalue weighted by Crippen LogP contribution is 2.19. The van der Waals surface area contributed by atoms with Crippen LogP contribution in [0.2, 0.25) is 0 Å².